The fourth-order valence-corrected chi connectivity index (χ4v) is 4.45. The molecule has 3 heterocycles. The number of piperazine rings is 1. The Morgan fingerprint density at radius 1 is 0.974 bits per heavy atom. The van der Waals surface area contributed by atoms with E-state index in [1.807, 2.05) is 11.6 Å². The normalized spacial score (nSPS) is 15.1. The molecule has 0 saturated carbocycles. The van der Waals surface area contributed by atoms with Crippen molar-refractivity contribution in [3.63, 3.8) is 0 Å². The lowest BCUT2D eigenvalue weighted by Gasteiger charge is -2.32. The summed E-state index contributed by atoms with van der Waals surface area (Å²) in [5, 5.41) is 5.22. The van der Waals surface area contributed by atoms with Gasteiger partial charge in [-0.2, -0.15) is 13.2 Å². The van der Waals surface area contributed by atoms with Gasteiger partial charge in [0.2, 0.25) is 0 Å². The number of nitrogens with one attached hydrogen (secondary N) is 2. The molecule has 2 amide bonds. The van der Waals surface area contributed by atoms with Crippen molar-refractivity contribution in [1.29, 1.82) is 0 Å². The molecule has 2 aromatic heterocycles. The van der Waals surface area contributed by atoms with Gasteiger partial charge in [0.05, 0.1) is 11.1 Å². The molecule has 9 nitrogen and oxygen atoms in total. The van der Waals surface area contributed by atoms with Crippen LogP contribution in [0.15, 0.2) is 61.1 Å². The molecule has 2 aromatic carbocycles. The minimum Gasteiger partial charge on any atom is -0.382 e. The molecule has 0 unspecified atom stereocenters. The molecular weight excluding hydrogens is 497 g/mol. The number of nitrogen functional groups attached to an aromatic ring is 1. The Labute approximate surface area is 217 Å². The van der Waals surface area contributed by atoms with Crippen molar-refractivity contribution in [1.82, 2.24) is 24.3 Å². The predicted molar refractivity (Wildman–Crippen MR) is 140 cm³/mol. The molecule has 4 N–H and O–H groups in total. The van der Waals surface area contributed by atoms with Crippen molar-refractivity contribution in [2.75, 3.05) is 49.6 Å². The maximum atomic E-state index is 13.6. The van der Waals surface area contributed by atoms with Gasteiger partial charge in [-0.15, -0.1) is 0 Å². The molecule has 1 fully saturated rings. The third-order valence-corrected chi connectivity index (χ3v) is 6.48. The predicted octanol–water partition coefficient (Wildman–Crippen LogP) is 4.41. The molecule has 1 aliphatic rings. The summed E-state index contributed by atoms with van der Waals surface area (Å²) in [4.78, 5) is 25.3. The molecule has 0 aliphatic carbocycles. The maximum absolute atomic E-state index is 13.6. The Balaban J connectivity index is 1.28. The molecule has 38 heavy (non-hydrogen) atoms. The van der Waals surface area contributed by atoms with Crippen LogP contribution in [0.2, 0.25) is 0 Å². The van der Waals surface area contributed by atoms with Crippen LogP contribution < -0.4 is 16.4 Å². The van der Waals surface area contributed by atoms with Gasteiger partial charge in [0.15, 0.2) is 5.82 Å². The van der Waals surface area contributed by atoms with E-state index in [0.717, 1.165) is 49.5 Å². The van der Waals surface area contributed by atoms with Crippen molar-refractivity contribution in [3.05, 3.63) is 72.2 Å². The molecule has 1 saturated heterocycles. The van der Waals surface area contributed by atoms with Gasteiger partial charge >= 0.3 is 12.2 Å². The number of urea groups is 1. The second-order valence-electron chi connectivity index (χ2n) is 9.30. The minimum atomic E-state index is -4.53. The van der Waals surface area contributed by atoms with Crippen molar-refractivity contribution in [2.24, 2.45) is 0 Å². The molecule has 5 rings (SSSR count). The highest BCUT2D eigenvalue weighted by Crippen LogP contribution is 2.32. The number of hydrogen-bond donors (Lipinski definition) is 3. The van der Waals surface area contributed by atoms with E-state index >= 15 is 0 Å². The zero-order valence-corrected chi connectivity index (χ0v) is 20.7. The largest absolute Gasteiger partial charge is 0.416 e. The van der Waals surface area contributed by atoms with Gasteiger partial charge in [-0.25, -0.2) is 14.8 Å². The van der Waals surface area contributed by atoms with E-state index in [1.54, 1.807) is 48.9 Å². The third kappa shape index (κ3) is 5.71. The number of nitrogens with two attached hydrogens (primary N) is 1. The van der Waals surface area contributed by atoms with E-state index < -0.39 is 17.8 Å². The lowest BCUT2D eigenvalue weighted by Crippen LogP contribution is -2.43. The summed E-state index contributed by atoms with van der Waals surface area (Å²) in [5.41, 5.74) is 8.28. The van der Waals surface area contributed by atoms with Crippen LogP contribution in [0, 0.1) is 0 Å². The number of benzene rings is 2. The van der Waals surface area contributed by atoms with Crippen LogP contribution in [-0.4, -0.2) is 63.6 Å². The SMILES string of the molecule is CN1CCN(Cc2cc(NC(=O)Nc3ccc(-n4cnc5c(N)nccc54)cc3)cc(C(F)(F)F)c2)CC1. The molecular formula is C26H27F3N8O. The highest BCUT2D eigenvalue weighted by molar-refractivity contribution is 6.00. The van der Waals surface area contributed by atoms with Crippen molar-refractivity contribution in [3.8, 4) is 5.69 Å². The van der Waals surface area contributed by atoms with Crippen molar-refractivity contribution < 1.29 is 18.0 Å². The lowest BCUT2D eigenvalue weighted by atomic mass is 10.1. The van der Waals surface area contributed by atoms with Crippen molar-refractivity contribution in [2.45, 2.75) is 12.7 Å². The second-order valence-corrected chi connectivity index (χ2v) is 9.30. The summed E-state index contributed by atoms with van der Waals surface area (Å²) < 4.78 is 42.5. The number of carbonyl (C=O) groups is 1. The number of carbonyl (C=O) groups excluding carboxylic acids is 1. The number of fused-ring (bicyclic) bond motifs is 1. The molecule has 0 spiro atoms. The minimum absolute atomic E-state index is 0.0779. The number of nitrogens with zero attached hydrogens (tertiary/aromatic N) is 5. The number of anilines is 3. The summed E-state index contributed by atoms with van der Waals surface area (Å²) in [6.45, 7) is 3.62. The van der Waals surface area contributed by atoms with Crippen LogP contribution >= 0.6 is 0 Å². The van der Waals surface area contributed by atoms with Gasteiger partial charge < -0.3 is 21.3 Å². The van der Waals surface area contributed by atoms with E-state index in [4.69, 9.17) is 5.73 Å². The topological polar surface area (TPSA) is 104 Å². The number of aromatic nitrogens is 3. The average molecular weight is 525 g/mol. The van der Waals surface area contributed by atoms with Gasteiger partial charge in [-0.05, 0) is 61.1 Å². The lowest BCUT2D eigenvalue weighted by molar-refractivity contribution is -0.137. The fourth-order valence-electron chi connectivity index (χ4n) is 4.45. The van der Waals surface area contributed by atoms with E-state index in [0.29, 0.717) is 29.1 Å². The highest BCUT2D eigenvalue weighted by atomic mass is 19.4. The first-order valence-corrected chi connectivity index (χ1v) is 12.0. The van der Waals surface area contributed by atoms with Gasteiger partial charge in [-0.3, -0.25) is 9.47 Å². The Morgan fingerprint density at radius 2 is 1.68 bits per heavy atom. The molecule has 1 aliphatic heterocycles. The van der Waals surface area contributed by atoms with Crippen LogP contribution in [-0.2, 0) is 12.7 Å². The summed E-state index contributed by atoms with van der Waals surface area (Å²) >= 11 is 0. The van der Waals surface area contributed by atoms with Crippen LogP contribution in [0.1, 0.15) is 11.1 Å². The third-order valence-electron chi connectivity index (χ3n) is 6.48. The molecule has 4 aromatic rings. The number of pyridine rings is 1. The Morgan fingerprint density at radius 3 is 2.39 bits per heavy atom. The maximum Gasteiger partial charge on any atom is 0.416 e. The summed E-state index contributed by atoms with van der Waals surface area (Å²) in [5.74, 6) is 0.331. The quantitative estimate of drug-likeness (QED) is 0.357. The fraction of sp³-hybridized carbons (Fsp3) is 0.269. The molecule has 198 valence electrons. The zero-order valence-electron chi connectivity index (χ0n) is 20.7. The van der Waals surface area contributed by atoms with Crippen molar-refractivity contribution >= 4 is 34.3 Å². The molecule has 12 heteroatoms. The van der Waals surface area contributed by atoms with E-state index in [2.05, 4.69) is 30.4 Å². The number of hydrogen-bond acceptors (Lipinski definition) is 6. The molecule has 0 bridgehead atoms. The number of alkyl halides is 3. The molecule has 0 atom stereocenters. The van der Waals surface area contributed by atoms with E-state index in [1.165, 1.54) is 0 Å². The smallest absolute Gasteiger partial charge is 0.382 e. The van der Waals surface area contributed by atoms with Gasteiger partial charge in [0.25, 0.3) is 0 Å². The Bertz CT molecular complexity index is 1440. The van der Waals surface area contributed by atoms with E-state index in [9.17, 15) is 18.0 Å². The monoisotopic (exact) mass is 524 g/mol. The van der Waals surface area contributed by atoms with E-state index in [-0.39, 0.29) is 5.69 Å². The number of likely N-dealkylation sites (N-methyl/N-ethyl adjacent to an activating group) is 1. The van der Waals surface area contributed by atoms with Crippen LogP contribution in [0.25, 0.3) is 16.7 Å². The average Bonchev–Trinajstić information content (AvgIpc) is 3.31. The number of rotatable bonds is 5. The van der Waals surface area contributed by atoms with Gasteiger partial charge in [0, 0.05) is 56.0 Å². The zero-order chi connectivity index (χ0) is 26.9. The Kier molecular flexibility index (Phi) is 6.91. The first-order chi connectivity index (χ1) is 18.2. The number of halogens is 3. The number of imidazole rings is 1. The van der Waals surface area contributed by atoms with Gasteiger partial charge in [0.1, 0.15) is 11.8 Å². The first-order valence-electron chi connectivity index (χ1n) is 12.0. The number of amides is 2. The first kappa shape index (κ1) is 25.5. The standard InChI is InChI=1S/C26H27F3N8O/c1-35-8-10-36(11-9-35)15-17-12-18(26(27,28)29)14-20(13-17)34-25(38)33-19-2-4-21(5-3-19)37-16-32-23-22(37)6-7-31-24(23)30/h2-7,12-14,16H,8-11,15H2,1H3,(H2,30,31)(H2,33,34,38). The van der Waals surface area contributed by atoms with Gasteiger partial charge in [-0.1, -0.05) is 0 Å². The van der Waals surface area contributed by atoms with Crippen LogP contribution in [0.4, 0.5) is 35.2 Å². The summed E-state index contributed by atoms with van der Waals surface area (Å²) in [6, 6.07) is 11.8. The summed E-state index contributed by atoms with van der Waals surface area (Å²) in [6.07, 6.45) is -1.30. The molecule has 0 radical (unpaired) electrons. The summed E-state index contributed by atoms with van der Waals surface area (Å²) in [7, 11) is 2.02. The van der Waals surface area contributed by atoms with Crippen LogP contribution in [0.5, 0.6) is 0 Å². The van der Waals surface area contributed by atoms with Crippen LogP contribution in [0.3, 0.4) is 0 Å². The highest BCUT2D eigenvalue weighted by Gasteiger charge is 2.31. The Hall–Kier alpha value is -4.16. The second kappa shape index (κ2) is 10.3.